The van der Waals surface area contributed by atoms with Crippen LogP contribution in [0.25, 0.3) is 0 Å². The fourth-order valence-corrected chi connectivity index (χ4v) is 2.45. The highest BCUT2D eigenvalue weighted by Gasteiger charge is 2.29. The molecule has 21 heavy (non-hydrogen) atoms. The summed E-state index contributed by atoms with van der Waals surface area (Å²) in [5, 5.41) is 15.9. The zero-order valence-electron chi connectivity index (χ0n) is 13.6. The summed E-state index contributed by atoms with van der Waals surface area (Å²) in [6, 6.07) is 0. The van der Waals surface area contributed by atoms with E-state index in [1.807, 2.05) is 20.8 Å². The molecule has 0 radical (unpaired) electrons. The van der Waals surface area contributed by atoms with E-state index in [0.29, 0.717) is 25.9 Å². The Kier molecular flexibility index (Phi) is 6.65. The third-order valence-corrected chi connectivity index (χ3v) is 3.95. The highest BCUT2D eigenvalue weighted by Crippen LogP contribution is 2.27. The van der Waals surface area contributed by atoms with Crippen LogP contribution in [0.3, 0.4) is 0 Å². The van der Waals surface area contributed by atoms with Crippen LogP contribution in [0, 0.1) is 5.41 Å². The van der Waals surface area contributed by atoms with Crippen LogP contribution in [0.1, 0.15) is 65.7 Å². The van der Waals surface area contributed by atoms with E-state index in [9.17, 15) is 14.7 Å². The van der Waals surface area contributed by atoms with Gasteiger partial charge < -0.3 is 15.7 Å². The van der Waals surface area contributed by atoms with Crippen molar-refractivity contribution in [1.29, 1.82) is 0 Å². The van der Waals surface area contributed by atoms with Crippen LogP contribution in [-0.2, 0) is 9.59 Å². The zero-order chi connectivity index (χ0) is 15.9. The molecule has 0 aliphatic heterocycles. The second kappa shape index (κ2) is 7.78. The Morgan fingerprint density at radius 3 is 2.29 bits per heavy atom. The summed E-state index contributed by atoms with van der Waals surface area (Å²) in [5.41, 5.74) is -1.11. The molecule has 0 spiro atoms. The van der Waals surface area contributed by atoms with Gasteiger partial charge in [-0.05, 0) is 19.3 Å². The van der Waals surface area contributed by atoms with Gasteiger partial charge in [0.2, 0.25) is 11.8 Å². The molecule has 0 aromatic heterocycles. The van der Waals surface area contributed by atoms with Crippen molar-refractivity contribution in [3.63, 3.8) is 0 Å². The van der Waals surface area contributed by atoms with Crippen molar-refractivity contribution in [2.45, 2.75) is 71.3 Å². The Morgan fingerprint density at radius 2 is 1.71 bits per heavy atom. The minimum Gasteiger partial charge on any atom is -0.388 e. The van der Waals surface area contributed by atoms with Crippen LogP contribution < -0.4 is 10.6 Å². The van der Waals surface area contributed by atoms with Crippen LogP contribution in [0.5, 0.6) is 0 Å². The zero-order valence-corrected chi connectivity index (χ0v) is 13.6. The van der Waals surface area contributed by atoms with Crippen molar-refractivity contribution < 1.29 is 14.7 Å². The molecule has 1 rings (SSSR count). The second-order valence-corrected chi connectivity index (χ2v) is 7.17. The predicted octanol–water partition coefficient (Wildman–Crippen LogP) is 1.74. The predicted molar refractivity (Wildman–Crippen MR) is 82.7 cm³/mol. The first-order chi connectivity index (χ1) is 9.73. The standard InChI is InChI=1S/C16H30N2O3/c1-15(2,3)14(20)17-11-7-8-13(19)18-12-16(21)9-5-4-6-10-16/h21H,4-12H2,1-3H3,(H,17,20)(H,18,19). The van der Waals surface area contributed by atoms with Gasteiger partial charge in [0, 0.05) is 24.9 Å². The smallest absolute Gasteiger partial charge is 0.225 e. The van der Waals surface area contributed by atoms with Crippen LogP contribution in [0.2, 0.25) is 0 Å². The van der Waals surface area contributed by atoms with Gasteiger partial charge in [-0.25, -0.2) is 0 Å². The number of amides is 2. The van der Waals surface area contributed by atoms with Crippen LogP contribution >= 0.6 is 0 Å². The van der Waals surface area contributed by atoms with Gasteiger partial charge in [0.05, 0.1) is 5.60 Å². The summed E-state index contributed by atoms with van der Waals surface area (Å²) in [4.78, 5) is 23.4. The van der Waals surface area contributed by atoms with E-state index >= 15 is 0 Å². The molecule has 5 nitrogen and oxygen atoms in total. The van der Waals surface area contributed by atoms with Gasteiger partial charge in [0.1, 0.15) is 0 Å². The van der Waals surface area contributed by atoms with E-state index in [1.54, 1.807) is 0 Å². The quantitative estimate of drug-likeness (QED) is 0.654. The Labute approximate surface area is 127 Å². The van der Waals surface area contributed by atoms with Crippen molar-refractivity contribution in [2.75, 3.05) is 13.1 Å². The largest absolute Gasteiger partial charge is 0.388 e. The van der Waals surface area contributed by atoms with E-state index in [4.69, 9.17) is 0 Å². The maximum Gasteiger partial charge on any atom is 0.225 e. The fraction of sp³-hybridized carbons (Fsp3) is 0.875. The number of nitrogens with one attached hydrogen (secondary N) is 2. The molecule has 0 saturated heterocycles. The summed E-state index contributed by atoms with van der Waals surface area (Å²) in [6.07, 6.45) is 5.77. The SMILES string of the molecule is CC(C)(C)C(=O)NCCCC(=O)NCC1(O)CCCCC1. The summed E-state index contributed by atoms with van der Waals surface area (Å²) in [6.45, 7) is 6.44. The summed E-state index contributed by atoms with van der Waals surface area (Å²) in [5.74, 6) is -0.0570. The molecule has 0 heterocycles. The van der Waals surface area contributed by atoms with Crippen LogP contribution in [0.4, 0.5) is 0 Å². The molecule has 122 valence electrons. The van der Waals surface area contributed by atoms with Gasteiger partial charge in [-0.2, -0.15) is 0 Å². The molecule has 1 saturated carbocycles. The lowest BCUT2D eigenvalue weighted by atomic mass is 9.85. The van der Waals surface area contributed by atoms with Crippen LogP contribution in [0.15, 0.2) is 0 Å². The van der Waals surface area contributed by atoms with Gasteiger partial charge in [-0.15, -0.1) is 0 Å². The lowest BCUT2D eigenvalue weighted by Crippen LogP contribution is -2.44. The summed E-state index contributed by atoms with van der Waals surface area (Å²) in [7, 11) is 0. The first-order valence-corrected chi connectivity index (χ1v) is 8.00. The molecule has 1 aliphatic rings. The molecule has 0 atom stereocenters. The van der Waals surface area contributed by atoms with Gasteiger partial charge in [-0.3, -0.25) is 9.59 Å². The summed E-state index contributed by atoms with van der Waals surface area (Å²) < 4.78 is 0. The number of rotatable bonds is 6. The van der Waals surface area contributed by atoms with E-state index in [2.05, 4.69) is 10.6 Å². The number of hydrogen-bond acceptors (Lipinski definition) is 3. The molecule has 1 fully saturated rings. The summed E-state index contributed by atoms with van der Waals surface area (Å²) >= 11 is 0. The third kappa shape index (κ3) is 6.93. The topological polar surface area (TPSA) is 78.4 Å². The second-order valence-electron chi connectivity index (χ2n) is 7.17. The molecule has 2 amide bonds. The Hall–Kier alpha value is -1.10. The lowest BCUT2D eigenvalue weighted by Gasteiger charge is -2.32. The van der Waals surface area contributed by atoms with E-state index in [0.717, 1.165) is 25.7 Å². The maximum absolute atomic E-state index is 11.7. The number of carbonyl (C=O) groups is 2. The van der Waals surface area contributed by atoms with E-state index in [-0.39, 0.29) is 11.8 Å². The molecular weight excluding hydrogens is 268 g/mol. The first-order valence-electron chi connectivity index (χ1n) is 8.00. The van der Waals surface area contributed by atoms with Gasteiger partial charge in [-0.1, -0.05) is 40.0 Å². The normalized spacial score (nSPS) is 18.1. The number of aliphatic hydroxyl groups is 1. The molecule has 5 heteroatoms. The average molecular weight is 298 g/mol. The van der Waals surface area contributed by atoms with Crippen molar-refractivity contribution >= 4 is 11.8 Å². The monoisotopic (exact) mass is 298 g/mol. The molecule has 0 bridgehead atoms. The lowest BCUT2D eigenvalue weighted by molar-refractivity contribution is -0.128. The maximum atomic E-state index is 11.7. The van der Waals surface area contributed by atoms with Crippen molar-refractivity contribution in [3.05, 3.63) is 0 Å². The van der Waals surface area contributed by atoms with Crippen molar-refractivity contribution in [1.82, 2.24) is 10.6 Å². The molecule has 0 aromatic rings. The highest BCUT2D eigenvalue weighted by molar-refractivity contribution is 5.81. The van der Waals surface area contributed by atoms with Gasteiger partial charge in [0.25, 0.3) is 0 Å². The minimum absolute atomic E-state index is 0.000533. The third-order valence-electron chi connectivity index (χ3n) is 3.95. The van der Waals surface area contributed by atoms with Gasteiger partial charge in [0.15, 0.2) is 0 Å². The average Bonchev–Trinajstić information content (AvgIpc) is 2.41. The Balaban J connectivity index is 2.13. The Morgan fingerprint density at radius 1 is 1.10 bits per heavy atom. The van der Waals surface area contributed by atoms with Crippen molar-refractivity contribution in [3.8, 4) is 0 Å². The first kappa shape index (κ1) is 18.0. The Bertz CT molecular complexity index is 355. The highest BCUT2D eigenvalue weighted by atomic mass is 16.3. The van der Waals surface area contributed by atoms with Gasteiger partial charge >= 0.3 is 0 Å². The minimum atomic E-state index is -0.714. The fourth-order valence-electron chi connectivity index (χ4n) is 2.45. The molecule has 0 unspecified atom stereocenters. The number of carbonyl (C=O) groups excluding carboxylic acids is 2. The molecule has 1 aliphatic carbocycles. The van der Waals surface area contributed by atoms with E-state index in [1.165, 1.54) is 6.42 Å². The molecule has 3 N–H and O–H groups in total. The number of hydrogen-bond donors (Lipinski definition) is 3. The molecular formula is C16H30N2O3. The van der Waals surface area contributed by atoms with Crippen molar-refractivity contribution in [2.24, 2.45) is 5.41 Å². The van der Waals surface area contributed by atoms with E-state index < -0.39 is 11.0 Å². The molecule has 0 aromatic carbocycles. The van der Waals surface area contributed by atoms with Crippen LogP contribution in [-0.4, -0.2) is 35.6 Å².